The van der Waals surface area contributed by atoms with Gasteiger partial charge in [-0.3, -0.25) is 4.68 Å². The van der Waals surface area contributed by atoms with Gasteiger partial charge in [-0.25, -0.2) is 13.1 Å². The molecule has 0 saturated carbocycles. The summed E-state index contributed by atoms with van der Waals surface area (Å²) < 4.78 is 29.7. The summed E-state index contributed by atoms with van der Waals surface area (Å²) in [5.74, 6) is 0. The summed E-state index contributed by atoms with van der Waals surface area (Å²) in [5, 5.41) is 6.14. The molecule has 2 rings (SSSR count). The van der Waals surface area contributed by atoms with E-state index in [1.165, 1.54) is 11.3 Å². The maximum absolute atomic E-state index is 11.9. The number of nitrogens with zero attached hydrogens (tertiary/aromatic N) is 2. The molecule has 2 heterocycles. The molecule has 0 aliphatic heterocycles. The van der Waals surface area contributed by atoms with Crippen LogP contribution in [0.2, 0.25) is 0 Å². The molecule has 0 aliphatic carbocycles. The maximum Gasteiger partial charge on any atom is 0.250 e. The summed E-state index contributed by atoms with van der Waals surface area (Å²) in [5.41, 5.74) is 2.00. The van der Waals surface area contributed by atoms with Crippen LogP contribution in [-0.4, -0.2) is 24.7 Å². The number of rotatable bonds is 6. The largest absolute Gasteiger partial charge is 0.268 e. The zero-order valence-electron chi connectivity index (χ0n) is 11.3. The number of sulfonamides is 1. The molecule has 20 heavy (non-hydrogen) atoms. The van der Waals surface area contributed by atoms with Gasteiger partial charge < -0.3 is 0 Å². The van der Waals surface area contributed by atoms with Crippen LogP contribution >= 0.6 is 27.3 Å². The Morgan fingerprint density at radius 1 is 1.45 bits per heavy atom. The molecule has 0 bridgehead atoms. The van der Waals surface area contributed by atoms with Crippen molar-refractivity contribution in [3.8, 4) is 0 Å². The van der Waals surface area contributed by atoms with Crippen molar-refractivity contribution in [3.05, 3.63) is 33.4 Å². The third kappa shape index (κ3) is 3.49. The highest BCUT2D eigenvalue weighted by molar-refractivity contribution is 9.10. The van der Waals surface area contributed by atoms with Crippen LogP contribution in [0.5, 0.6) is 0 Å². The lowest BCUT2D eigenvalue weighted by Gasteiger charge is -2.06. The minimum atomic E-state index is -3.35. The Balaban J connectivity index is 1.87. The summed E-state index contributed by atoms with van der Waals surface area (Å²) in [6, 6.07) is 3.33. The van der Waals surface area contributed by atoms with Gasteiger partial charge in [0.15, 0.2) is 0 Å². The Labute approximate surface area is 131 Å². The van der Waals surface area contributed by atoms with Crippen LogP contribution in [0.4, 0.5) is 0 Å². The molecule has 0 saturated heterocycles. The summed E-state index contributed by atoms with van der Waals surface area (Å²) in [7, 11) is -3.35. The third-order valence-corrected chi connectivity index (χ3v) is 6.90. The molecule has 110 valence electrons. The molecule has 2 aromatic rings. The predicted molar refractivity (Wildman–Crippen MR) is 83.5 cm³/mol. The Morgan fingerprint density at radius 2 is 2.20 bits per heavy atom. The van der Waals surface area contributed by atoms with Crippen LogP contribution in [0, 0.1) is 13.8 Å². The molecular weight excluding hydrogens is 362 g/mol. The van der Waals surface area contributed by atoms with E-state index in [9.17, 15) is 8.42 Å². The van der Waals surface area contributed by atoms with Crippen molar-refractivity contribution in [2.75, 3.05) is 6.54 Å². The summed E-state index contributed by atoms with van der Waals surface area (Å²) in [6.45, 7) is 5.01. The number of hydrogen-bond acceptors (Lipinski definition) is 4. The van der Waals surface area contributed by atoms with Gasteiger partial charge in [-0.1, -0.05) is 6.07 Å². The maximum atomic E-state index is 11.9. The zero-order chi connectivity index (χ0) is 14.8. The quantitative estimate of drug-likeness (QED) is 0.787. The van der Waals surface area contributed by atoms with Crippen molar-refractivity contribution in [1.82, 2.24) is 14.5 Å². The molecule has 0 fully saturated rings. The topological polar surface area (TPSA) is 64.0 Å². The fourth-order valence-corrected chi connectivity index (χ4v) is 4.21. The summed E-state index contributed by atoms with van der Waals surface area (Å²) >= 11 is 4.69. The fourth-order valence-electron chi connectivity index (χ4n) is 1.82. The first-order valence-electron chi connectivity index (χ1n) is 6.14. The second kappa shape index (κ2) is 6.38. The van der Waals surface area contributed by atoms with Gasteiger partial charge >= 0.3 is 0 Å². The number of aryl methyl sites for hydroxylation is 2. The first kappa shape index (κ1) is 15.7. The van der Waals surface area contributed by atoms with Gasteiger partial charge in [0.25, 0.3) is 0 Å². The normalized spacial score (nSPS) is 11.9. The molecule has 2 aromatic heterocycles. The van der Waals surface area contributed by atoms with E-state index in [1.54, 1.807) is 17.5 Å². The SMILES string of the molecule is Cc1nn(CCCNS(=O)(=O)c2cccs2)c(C)c1Br. The average Bonchev–Trinajstić information content (AvgIpc) is 3.01. The minimum Gasteiger partial charge on any atom is -0.268 e. The van der Waals surface area contributed by atoms with Crippen molar-refractivity contribution in [2.24, 2.45) is 0 Å². The van der Waals surface area contributed by atoms with E-state index >= 15 is 0 Å². The molecule has 0 amide bonds. The molecular formula is C12H16BrN3O2S2. The zero-order valence-corrected chi connectivity index (χ0v) is 14.5. The first-order valence-corrected chi connectivity index (χ1v) is 9.30. The smallest absolute Gasteiger partial charge is 0.250 e. The van der Waals surface area contributed by atoms with Crippen molar-refractivity contribution in [2.45, 2.75) is 31.0 Å². The Morgan fingerprint density at radius 3 is 2.75 bits per heavy atom. The van der Waals surface area contributed by atoms with Crippen LogP contribution in [0.15, 0.2) is 26.2 Å². The average molecular weight is 378 g/mol. The van der Waals surface area contributed by atoms with Gasteiger partial charge in [0.05, 0.1) is 10.2 Å². The second-order valence-corrected chi connectivity index (χ2v) is 8.13. The Bertz CT molecular complexity index is 678. The van der Waals surface area contributed by atoms with E-state index in [0.717, 1.165) is 15.9 Å². The molecule has 0 aromatic carbocycles. The summed E-state index contributed by atoms with van der Waals surface area (Å²) in [6.07, 6.45) is 0.693. The number of halogens is 1. The lowest BCUT2D eigenvalue weighted by atomic mass is 10.4. The fraction of sp³-hybridized carbons (Fsp3) is 0.417. The lowest BCUT2D eigenvalue weighted by molar-refractivity contribution is 0.545. The van der Waals surface area contributed by atoms with E-state index in [-0.39, 0.29) is 0 Å². The monoisotopic (exact) mass is 377 g/mol. The Hall–Kier alpha value is -0.700. The van der Waals surface area contributed by atoms with Gasteiger partial charge in [-0.05, 0) is 47.6 Å². The van der Waals surface area contributed by atoms with Crippen LogP contribution in [-0.2, 0) is 16.6 Å². The van der Waals surface area contributed by atoms with E-state index in [2.05, 4.69) is 25.8 Å². The molecule has 5 nitrogen and oxygen atoms in total. The molecule has 0 aliphatic rings. The van der Waals surface area contributed by atoms with E-state index in [1.807, 2.05) is 18.5 Å². The van der Waals surface area contributed by atoms with Crippen LogP contribution < -0.4 is 4.72 Å². The van der Waals surface area contributed by atoms with Crippen molar-refractivity contribution in [3.63, 3.8) is 0 Å². The number of hydrogen-bond donors (Lipinski definition) is 1. The number of thiophene rings is 1. The van der Waals surface area contributed by atoms with Gasteiger partial charge in [0.2, 0.25) is 10.0 Å². The summed E-state index contributed by atoms with van der Waals surface area (Å²) in [4.78, 5) is 0. The van der Waals surface area contributed by atoms with E-state index in [0.29, 0.717) is 23.7 Å². The molecule has 0 radical (unpaired) electrons. The van der Waals surface area contributed by atoms with Crippen molar-refractivity contribution < 1.29 is 8.42 Å². The number of nitrogens with one attached hydrogen (secondary N) is 1. The molecule has 1 N–H and O–H groups in total. The lowest BCUT2D eigenvalue weighted by Crippen LogP contribution is -2.25. The van der Waals surface area contributed by atoms with Crippen molar-refractivity contribution >= 4 is 37.3 Å². The molecule has 0 spiro atoms. The molecule has 8 heteroatoms. The number of aromatic nitrogens is 2. The standard InChI is InChI=1S/C12H16BrN3O2S2/c1-9-12(13)10(2)16(15-9)7-4-6-14-20(17,18)11-5-3-8-19-11/h3,5,8,14H,4,6-7H2,1-2H3. The highest BCUT2D eigenvalue weighted by Crippen LogP contribution is 2.20. The highest BCUT2D eigenvalue weighted by Gasteiger charge is 2.14. The second-order valence-electron chi connectivity index (χ2n) is 4.39. The molecule has 0 atom stereocenters. The van der Waals surface area contributed by atoms with E-state index < -0.39 is 10.0 Å². The van der Waals surface area contributed by atoms with Crippen molar-refractivity contribution in [1.29, 1.82) is 0 Å². The molecule has 0 unspecified atom stereocenters. The highest BCUT2D eigenvalue weighted by atomic mass is 79.9. The van der Waals surface area contributed by atoms with Gasteiger partial charge in [-0.15, -0.1) is 11.3 Å². The first-order chi connectivity index (χ1) is 9.42. The van der Waals surface area contributed by atoms with Crippen LogP contribution in [0.3, 0.4) is 0 Å². The predicted octanol–water partition coefficient (Wildman–Crippen LogP) is 2.69. The minimum absolute atomic E-state index is 0.353. The Kier molecular flexibility index (Phi) is 5.00. The van der Waals surface area contributed by atoms with Gasteiger partial charge in [0.1, 0.15) is 4.21 Å². The van der Waals surface area contributed by atoms with Gasteiger partial charge in [-0.2, -0.15) is 5.10 Å². The van der Waals surface area contributed by atoms with Gasteiger partial charge in [0, 0.05) is 18.8 Å². The van der Waals surface area contributed by atoms with Crippen LogP contribution in [0.1, 0.15) is 17.8 Å². The van der Waals surface area contributed by atoms with E-state index in [4.69, 9.17) is 0 Å². The van der Waals surface area contributed by atoms with Crippen LogP contribution in [0.25, 0.3) is 0 Å². The third-order valence-electron chi connectivity index (χ3n) is 2.89.